The molecule has 0 bridgehead atoms. The van der Waals surface area contributed by atoms with Gasteiger partial charge in [-0.25, -0.2) is 4.39 Å². The van der Waals surface area contributed by atoms with Gasteiger partial charge in [0.2, 0.25) is 5.91 Å². The fraction of sp³-hybridized carbons (Fsp3) is 0.222. The number of nitrogens with two attached hydrogens (primary N) is 1. The molecule has 14 heavy (non-hydrogen) atoms. The van der Waals surface area contributed by atoms with Crippen molar-refractivity contribution >= 4 is 23.2 Å². The lowest BCUT2D eigenvalue weighted by atomic mass is 10.3. The summed E-state index contributed by atoms with van der Waals surface area (Å²) in [7, 11) is 0. The van der Waals surface area contributed by atoms with Gasteiger partial charge in [0.05, 0.1) is 11.1 Å². The van der Waals surface area contributed by atoms with Gasteiger partial charge in [-0.2, -0.15) is 0 Å². The summed E-state index contributed by atoms with van der Waals surface area (Å²) in [6.45, 7) is 1.56. The third-order valence-corrected chi connectivity index (χ3v) is 1.89. The number of halogens is 2. The zero-order chi connectivity index (χ0) is 10.7. The first-order chi connectivity index (χ1) is 6.50. The minimum absolute atomic E-state index is 0.0347. The summed E-state index contributed by atoms with van der Waals surface area (Å²) < 4.78 is 12.7. The van der Waals surface area contributed by atoms with Crippen LogP contribution < -0.4 is 11.1 Å². The monoisotopic (exact) mass is 216 g/mol. The molecule has 1 aromatic carbocycles. The van der Waals surface area contributed by atoms with E-state index >= 15 is 0 Å². The highest BCUT2D eigenvalue weighted by Crippen LogP contribution is 2.19. The average molecular weight is 217 g/mol. The van der Waals surface area contributed by atoms with E-state index in [1.54, 1.807) is 6.92 Å². The highest BCUT2D eigenvalue weighted by molar-refractivity contribution is 6.31. The first-order valence-corrected chi connectivity index (χ1v) is 4.40. The average Bonchev–Trinajstić information content (AvgIpc) is 2.11. The molecule has 0 heterocycles. The molecule has 0 saturated carbocycles. The number of rotatable bonds is 2. The van der Waals surface area contributed by atoms with E-state index in [-0.39, 0.29) is 10.9 Å². The summed E-state index contributed by atoms with van der Waals surface area (Å²) in [5.41, 5.74) is 5.76. The third-order valence-electron chi connectivity index (χ3n) is 1.60. The number of amides is 1. The molecular weight excluding hydrogens is 207 g/mol. The summed E-state index contributed by atoms with van der Waals surface area (Å²) in [6.07, 6.45) is 0. The van der Waals surface area contributed by atoms with Gasteiger partial charge >= 0.3 is 0 Å². The molecule has 1 aromatic rings. The van der Waals surface area contributed by atoms with E-state index < -0.39 is 11.9 Å². The molecule has 1 atom stereocenters. The number of anilines is 1. The molecule has 1 rings (SSSR count). The van der Waals surface area contributed by atoms with Crippen LogP contribution in [0.3, 0.4) is 0 Å². The molecule has 5 heteroatoms. The summed E-state index contributed by atoms with van der Waals surface area (Å²) in [6, 6.07) is 3.32. The Bertz CT molecular complexity index is 355. The summed E-state index contributed by atoms with van der Waals surface area (Å²) in [4.78, 5) is 11.1. The molecule has 0 aliphatic carbocycles. The van der Waals surface area contributed by atoms with E-state index in [1.165, 1.54) is 18.2 Å². The molecule has 76 valence electrons. The smallest absolute Gasteiger partial charge is 0.240 e. The van der Waals surface area contributed by atoms with Crippen LogP contribution in [0.15, 0.2) is 18.2 Å². The maximum absolute atomic E-state index is 12.7. The van der Waals surface area contributed by atoms with Crippen molar-refractivity contribution in [2.45, 2.75) is 13.0 Å². The Hall–Kier alpha value is -1.13. The van der Waals surface area contributed by atoms with E-state index in [2.05, 4.69) is 5.32 Å². The largest absolute Gasteiger partial charge is 0.325 e. The van der Waals surface area contributed by atoms with Gasteiger partial charge in [0, 0.05) is 5.69 Å². The van der Waals surface area contributed by atoms with Crippen LogP contribution in [0.1, 0.15) is 6.92 Å². The van der Waals surface area contributed by atoms with Crippen molar-refractivity contribution in [1.82, 2.24) is 0 Å². The van der Waals surface area contributed by atoms with Gasteiger partial charge in [-0.1, -0.05) is 11.6 Å². The molecule has 1 unspecified atom stereocenters. The Morgan fingerprint density at radius 1 is 1.64 bits per heavy atom. The van der Waals surface area contributed by atoms with E-state index in [0.29, 0.717) is 5.69 Å². The van der Waals surface area contributed by atoms with Crippen molar-refractivity contribution in [3.05, 3.63) is 29.0 Å². The normalized spacial score (nSPS) is 12.3. The highest BCUT2D eigenvalue weighted by atomic mass is 35.5. The number of carbonyl (C=O) groups excluding carboxylic acids is 1. The molecule has 0 aliphatic heterocycles. The van der Waals surface area contributed by atoms with Gasteiger partial charge < -0.3 is 11.1 Å². The molecule has 0 aliphatic rings. The lowest BCUT2D eigenvalue weighted by Crippen LogP contribution is -2.32. The molecule has 0 spiro atoms. The van der Waals surface area contributed by atoms with E-state index in [9.17, 15) is 9.18 Å². The zero-order valence-electron chi connectivity index (χ0n) is 7.55. The minimum atomic E-state index is -0.612. The molecule has 3 N–H and O–H groups in total. The Kier molecular flexibility index (Phi) is 3.43. The lowest BCUT2D eigenvalue weighted by Gasteiger charge is -2.07. The number of hydrogen-bond donors (Lipinski definition) is 2. The van der Waals surface area contributed by atoms with Crippen molar-refractivity contribution in [3.63, 3.8) is 0 Å². The molecule has 1 amide bonds. The SMILES string of the molecule is CC(N)C(=O)Nc1ccc(F)c(Cl)c1. The number of benzene rings is 1. The molecule has 0 radical (unpaired) electrons. The Morgan fingerprint density at radius 2 is 2.29 bits per heavy atom. The predicted molar refractivity (Wildman–Crippen MR) is 53.7 cm³/mol. The predicted octanol–water partition coefficient (Wildman–Crippen LogP) is 1.76. The summed E-state index contributed by atoms with van der Waals surface area (Å²) >= 11 is 5.52. The van der Waals surface area contributed by atoms with E-state index in [4.69, 9.17) is 17.3 Å². The second kappa shape index (κ2) is 4.39. The molecule has 3 nitrogen and oxygen atoms in total. The Labute approximate surface area is 86.0 Å². The van der Waals surface area contributed by atoms with Crippen LogP contribution in [0.5, 0.6) is 0 Å². The quantitative estimate of drug-likeness (QED) is 0.792. The zero-order valence-corrected chi connectivity index (χ0v) is 8.31. The van der Waals surface area contributed by atoms with Crippen LogP contribution >= 0.6 is 11.6 Å². The second-order valence-electron chi connectivity index (χ2n) is 2.91. The molecule has 0 aromatic heterocycles. The van der Waals surface area contributed by atoms with Crippen molar-refractivity contribution in [3.8, 4) is 0 Å². The van der Waals surface area contributed by atoms with Crippen molar-refractivity contribution in [2.75, 3.05) is 5.32 Å². The van der Waals surface area contributed by atoms with Crippen molar-refractivity contribution < 1.29 is 9.18 Å². The summed E-state index contributed by atoms with van der Waals surface area (Å²) in [5.74, 6) is -0.863. The van der Waals surface area contributed by atoms with Gasteiger partial charge in [-0.05, 0) is 25.1 Å². The van der Waals surface area contributed by atoms with Crippen LogP contribution in [0.4, 0.5) is 10.1 Å². The standard InChI is InChI=1S/C9H10ClFN2O/c1-5(12)9(14)13-6-2-3-8(11)7(10)4-6/h2-5H,12H2,1H3,(H,13,14). The lowest BCUT2D eigenvalue weighted by molar-refractivity contribution is -0.117. The van der Waals surface area contributed by atoms with Crippen LogP contribution in [-0.4, -0.2) is 11.9 Å². The molecule has 0 fully saturated rings. The molecule has 0 saturated heterocycles. The van der Waals surface area contributed by atoms with E-state index in [0.717, 1.165) is 0 Å². The first kappa shape index (κ1) is 10.9. The number of nitrogens with one attached hydrogen (secondary N) is 1. The third kappa shape index (κ3) is 2.68. The number of hydrogen-bond acceptors (Lipinski definition) is 2. The van der Waals surface area contributed by atoms with E-state index in [1.807, 2.05) is 0 Å². The first-order valence-electron chi connectivity index (χ1n) is 4.02. The Balaban J connectivity index is 2.78. The van der Waals surface area contributed by atoms with Crippen LogP contribution in [0.2, 0.25) is 5.02 Å². The highest BCUT2D eigenvalue weighted by Gasteiger charge is 2.08. The Morgan fingerprint density at radius 3 is 2.79 bits per heavy atom. The van der Waals surface area contributed by atoms with Gasteiger partial charge in [0.15, 0.2) is 0 Å². The maximum atomic E-state index is 12.7. The fourth-order valence-electron chi connectivity index (χ4n) is 0.830. The second-order valence-corrected chi connectivity index (χ2v) is 3.31. The van der Waals surface area contributed by atoms with Crippen LogP contribution in [-0.2, 0) is 4.79 Å². The van der Waals surface area contributed by atoms with Gasteiger partial charge in [-0.15, -0.1) is 0 Å². The van der Waals surface area contributed by atoms with Crippen molar-refractivity contribution in [1.29, 1.82) is 0 Å². The fourth-order valence-corrected chi connectivity index (χ4v) is 1.01. The molecular formula is C9H10ClFN2O. The maximum Gasteiger partial charge on any atom is 0.240 e. The van der Waals surface area contributed by atoms with Crippen LogP contribution in [0.25, 0.3) is 0 Å². The van der Waals surface area contributed by atoms with Crippen LogP contribution in [0, 0.1) is 5.82 Å². The van der Waals surface area contributed by atoms with Gasteiger partial charge in [0.25, 0.3) is 0 Å². The number of carbonyl (C=O) groups is 1. The summed E-state index contributed by atoms with van der Waals surface area (Å²) in [5, 5.41) is 2.46. The van der Waals surface area contributed by atoms with Crippen molar-refractivity contribution in [2.24, 2.45) is 5.73 Å². The topological polar surface area (TPSA) is 55.1 Å². The van der Waals surface area contributed by atoms with Gasteiger partial charge in [0.1, 0.15) is 5.82 Å². The van der Waals surface area contributed by atoms with Gasteiger partial charge in [-0.3, -0.25) is 4.79 Å². The minimum Gasteiger partial charge on any atom is -0.325 e.